The summed E-state index contributed by atoms with van der Waals surface area (Å²) in [6.07, 6.45) is 1.74. The third kappa shape index (κ3) is 5.46. The summed E-state index contributed by atoms with van der Waals surface area (Å²) in [6, 6.07) is 8.13. The van der Waals surface area contributed by atoms with Gasteiger partial charge in [-0.15, -0.1) is 0 Å². The first-order valence-corrected chi connectivity index (χ1v) is 13.8. The van der Waals surface area contributed by atoms with Crippen molar-refractivity contribution in [1.82, 2.24) is 4.57 Å². The second-order valence-corrected chi connectivity index (χ2v) is 10.2. The van der Waals surface area contributed by atoms with Crippen LogP contribution in [0.3, 0.4) is 0 Å². The number of hydrogen-bond donors (Lipinski definition) is 0. The van der Waals surface area contributed by atoms with E-state index < -0.39 is 12.0 Å². The summed E-state index contributed by atoms with van der Waals surface area (Å²) in [5.41, 5.74) is 1.80. The van der Waals surface area contributed by atoms with Gasteiger partial charge in [-0.25, -0.2) is 9.79 Å². The maximum absolute atomic E-state index is 14.0. The standard InChI is InChI=1S/C28H29BrN2O7S/c1-7-37-22-12-16(9-10-19(22)34-4)25-24(27(33)38-8-2)15(3)30-28-31(25)26(32)23(39-28)13-17-11-18(29)21(36-6)14-20(17)35-5/h9-14,25H,7-8H2,1-6H3/b23-13-/t25-/m0/s1. The quantitative estimate of drug-likeness (QED) is 0.335. The first kappa shape index (κ1) is 28.4. The van der Waals surface area contributed by atoms with Gasteiger partial charge >= 0.3 is 5.97 Å². The van der Waals surface area contributed by atoms with E-state index in [-0.39, 0.29) is 17.7 Å². The number of benzene rings is 2. The second-order valence-electron chi connectivity index (χ2n) is 8.37. The van der Waals surface area contributed by atoms with Gasteiger partial charge in [-0.05, 0) is 66.5 Å². The van der Waals surface area contributed by atoms with Crippen molar-refractivity contribution >= 4 is 39.3 Å². The minimum Gasteiger partial charge on any atom is -0.496 e. The number of methoxy groups -OCH3 is 3. The van der Waals surface area contributed by atoms with Crippen molar-refractivity contribution in [3.8, 4) is 23.0 Å². The number of carbonyl (C=O) groups excluding carboxylic acids is 1. The van der Waals surface area contributed by atoms with Gasteiger partial charge < -0.3 is 23.7 Å². The minimum atomic E-state index is -0.780. The highest BCUT2D eigenvalue weighted by atomic mass is 79.9. The van der Waals surface area contributed by atoms with Crippen LogP contribution < -0.4 is 33.8 Å². The Morgan fingerprint density at radius 2 is 1.74 bits per heavy atom. The molecule has 0 radical (unpaired) electrons. The maximum Gasteiger partial charge on any atom is 0.338 e. The topological polar surface area (TPSA) is 97.6 Å². The van der Waals surface area contributed by atoms with Gasteiger partial charge in [0.05, 0.1) is 60.9 Å². The molecule has 2 aromatic carbocycles. The molecule has 0 saturated heterocycles. The van der Waals surface area contributed by atoms with Gasteiger partial charge in [0.2, 0.25) is 0 Å². The third-order valence-corrected chi connectivity index (χ3v) is 7.71. The summed E-state index contributed by atoms with van der Waals surface area (Å²) in [7, 11) is 4.67. The summed E-state index contributed by atoms with van der Waals surface area (Å²) in [5, 5.41) is 0. The fourth-order valence-corrected chi connectivity index (χ4v) is 5.94. The normalized spacial score (nSPS) is 14.9. The lowest BCUT2D eigenvalue weighted by atomic mass is 9.95. The Balaban J connectivity index is 1.98. The Morgan fingerprint density at radius 3 is 2.38 bits per heavy atom. The van der Waals surface area contributed by atoms with Crippen molar-refractivity contribution in [3.05, 3.63) is 76.9 Å². The lowest BCUT2D eigenvalue weighted by Crippen LogP contribution is -2.40. The Kier molecular flexibility index (Phi) is 8.81. The van der Waals surface area contributed by atoms with Crippen molar-refractivity contribution in [2.45, 2.75) is 26.8 Å². The molecule has 0 unspecified atom stereocenters. The molecule has 206 valence electrons. The molecule has 1 aliphatic rings. The van der Waals surface area contributed by atoms with E-state index in [0.29, 0.717) is 60.2 Å². The molecule has 1 aliphatic heterocycles. The van der Waals surface area contributed by atoms with Gasteiger partial charge in [0.25, 0.3) is 5.56 Å². The van der Waals surface area contributed by atoms with E-state index in [0.717, 1.165) is 0 Å². The largest absolute Gasteiger partial charge is 0.496 e. The fourth-order valence-electron chi connectivity index (χ4n) is 4.38. The number of thiazole rings is 1. The van der Waals surface area contributed by atoms with Crippen molar-refractivity contribution in [3.63, 3.8) is 0 Å². The van der Waals surface area contributed by atoms with Gasteiger partial charge in [-0.1, -0.05) is 17.4 Å². The molecule has 3 aromatic rings. The maximum atomic E-state index is 14.0. The molecule has 0 amide bonds. The third-order valence-electron chi connectivity index (χ3n) is 6.11. The van der Waals surface area contributed by atoms with E-state index in [2.05, 4.69) is 20.9 Å². The smallest absolute Gasteiger partial charge is 0.338 e. The summed E-state index contributed by atoms with van der Waals surface area (Å²) in [5.74, 6) is 1.66. The molecule has 0 spiro atoms. The highest BCUT2D eigenvalue weighted by molar-refractivity contribution is 9.10. The number of aromatic nitrogens is 1. The van der Waals surface area contributed by atoms with Crippen LogP contribution in [0.5, 0.6) is 23.0 Å². The fraction of sp³-hybridized carbons (Fsp3) is 0.321. The van der Waals surface area contributed by atoms with E-state index in [1.807, 2.05) is 19.1 Å². The Bertz CT molecular complexity index is 1620. The molecule has 11 heteroatoms. The molecule has 9 nitrogen and oxygen atoms in total. The van der Waals surface area contributed by atoms with Crippen LogP contribution in [0.25, 0.3) is 6.08 Å². The highest BCUT2D eigenvalue weighted by Crippen LogP contribution is 2.36. The molecule has 0 aliphatic carbocycles. The zero-order valence-electron chi connectivity index (χ0n) is 22.5. The minimum absolute atomic E-state index is 0.186. The van der Waals surface area contributed by atoms with Crippen LogP contribution in [0.2, 0.25) is 0 Å². The first-order valence-electron chi connectivity index (χ1n) is 12.2. The Labute approximate surface area is 238 Å². The van der Waals surface area contributed by atoms with Gasteiger partial charge in [0.15, 0.2) is 16.3 Å². The van der Waals surface area contributed by atoms with Crippen molar-refractivity contribution in [2.75, 3.05) is 34.5 Å². The van der Waals surface area contributed by atoms with Gasteiger partial charge in [0.1, 0.15) is 11.5 Å². The van der Waals surface area contributed by atoms with Crippen LogP contribution in [0.1, 0.15) is 37.9 Å². The molecular weight excluding hydrogens is 588 g/mol. The predicted molar refractivity (Wildman–Crippen MR) is 152 cm³/mol. The van der Waals surface area contributed by atoms with Crippen LogP contribution in [-0.2, 0) is 9.53 Å². The molecule has 39 heavy (non-hydrogen) atoms. The lowest BCUT2D eigenvalue weighted by molar-refractivity contribution is -0.139. The van der Waals surface area contributed by atoms with E-state index >= 15 is 0 Å². The number of rotatable bonds is 9. The first-order chi connectivity index (χ1) is 18.8. The van der Waals surface area contributed by atoms with Crippen LogP contribution in [-0.4, -0.2) is 45.1 Å². The molecular formula is C28H29BrN2O7S. The van der Waals surface area contributed by atoms with Crippen molar-refractivity contribution in [2.24, 2.45) is 4.99 Å². The number of allylic oxidation sites excluding steroid dienone is 1. The lowest BCUT2D eigenvalue weighted by Gasteiger charge is -2.25. The number of nitrogens with zero attached hydrogens (tertiary/aromatic N) is 2. The monoisotopic (exact) mass is 616 g/mol. The van der Waals surface area contributed by atoms with E-state index in [1.54, 1.807) is 59.5 Å². The zero-order valence-corrected chi connectivity index (χ0v) is 24.9. The van der Waals surface area contributed by atoms with E-state index in [4.69, 9.17) is 23.7 Å². The second kappa shape index (κ2) is 12.1. The molecule has 0 fully saturated rings. The van der Waals surface area contributed by atoms with Crippen LogP contribution in [0.4, 0.5) is 0 Å². The van der Waals surface area contributed by atoms with Crippen LogP contribution >= 0.6 is 27.3 Å². The Morgan fingerprint density at radius 1 is 1.03 bits per heavy atom. The van der Waals surface area contributed by atoms with Crippen LogP contribution in [0.15, 0.2) is 55.9 Å². The molecule has 1 atom stereocenters. The van der Waals surface area contributed by atoms with Crippen molar-refractivity contribution < 1.29 is 28.5 Å². The van der Waals surface area contributed by atoms with Gasteiger partial charge in [0, 0.05) is 11.6 Å². The number of halogens is 1. The summed E-state index contributed by atoms with van der Waals surface area (Å²) in [4.78, 5) is 32.2. The van der Waals surface area contributed by atoms with Gasteiger partial charge in [-0.3, -0.25) is 9.36 Å². The predicted octanol–water partition coefficient (Wildman–Crippen LogP) is 3.99. The van der Waals surface area contributed by atoms with Gasteiger partial charge in [-0.2, -0.15) is 0 Å². The summed E-state index contributed by atoms with van der Waals surface area (Å²) in [6.45, 7) is 5.95. The van der Waals surface area contributed by atoms with Crippen molar-refractivity contribution in [1.29, 1.82) is 0 Å². The average Bonchev–Trinajstić information content (AvgIpc) is 3.22. The number of carbonyl (C=O) groups is 1. The average molecular weight is 618 g/mol. The number of hydrogen-bond acceptors (Lipinski definition) is 9. The highest BCUT2D eigenvalue weighted by Gasteiger charge is 2.34. The molecule has 2 heterocycles. The van der Waals surface area contributed by atoms with E-state index in [9.17, 15) is 9.59 Å². The number of esters is 1. The SMILES string of the molecule is CCOC(=O)C1=C(C)N=c2s/c(=C\c3cc(Br)c(OC)cc3OC)c(=O)n2[C@H]1c1ccc(OC)c(OCC)c1. The van der Waals surface area contributed by atoms with Crippen LogP contribution in [0, 0.1) is 0 Å². The molecule has 1 aromatic heterocycles. The number of fused-ring (bicyclic) bond motifs is 1. The zero-order chi connectivity index (χ0) is 28.3. The number of ether oxygens (including phenoxy) is 5. The molecule has 0 bridgehead atoms. The molecule has 0 N–H and O–H groups in total. The summed E-state index contributed by atoms with van der Waals surface area (Å²) < 4.78 is 30.2. The van der Waals surface area contributed by atoms with E-state index in [1.165, 1.54) is 15.9 Å². The summed E-state index contributed by atoms with van der Waals surface area (Å²) >= 11 is 4.73. The molecule has 0 saturated carbocycles. The molecule has 4 rings (SSSR count). The Hall–Kier alpha value is -3.57.